The van der Waals surface area contributed by atoms with Gasteiger partial charge in [-0.25, -0.2) is 0 Å². The second-order valence-corrected chi connectivity index (χ2v) is 9.14. The summed E-state index contributed by atoms with van der Waals surface area (Å²) in [6, 6.07) is 2.31. The lowest BCUT2D eigenvalue weighted by Gasteiger charge is -2.34. The van der Waals surface area contributed by atoms with E-state index in [1.165, 1.54) is 4.88 Å². The van der Waals surface area contributed by atoms with Gasteiger partial charge in [-0.15, -0.1) is 11.3 Å². The van der Waals surface area contributed by atoms with Crippen LogP contribution in [-0.4, -0.2) is 67.4 Å². The molecule has 1 fully saturated rings. The molecule has 2 heterocycles. The van der Waals surface area contributed by atoms with Crippen LogP contribution in [0, 0.1) is 17.2 Å². The number of amides is 2. The van der Waals surface area contributed by atoms with Crippen LogP contribution in [0.5, 0.6) is 0 Å². The number of likely N-dealkylation sites (N-methyl/N-ethyl adjacent to an activating group) is 1. The lowest BCUT2D eigenvalue weighted by molar-refractivity contribution is -0.122. The van der Waals surface area contributed by atoms with Gasteiger partial charge < -0.3 is 15.5 Å². The van der Waals surface area contributed by atoms with Crippen LogP contribution in [0.2, 0.25) is 0 Å². The van der Waals surface area contributed by atoms with Crippen LogP contribution in [0.4, 0.5) is 5.00 Å². The summed E-state index contributed by atoms with van der Waals surface area (Å²) in [7, 11) is 0. The second-order valence-electron chi connectivity index (χ2n) is 8.04. The first-order valence-electron chi connectivity index (χ1n) is 10.6. The SMILES string of the molecule is CCNC(=O)CN1CCN(CCC(=O)Nc2sc3c(c2C#N)CCC(C)C3)CC1. The van der Waals surface area contributed by atoms with Crippen LogP contribution >= 0.6 is 11.3 Å². The maximum Gasteiger partial charge on any atom is 0.234 e. The van der Waals surface area contributed by atoms with E-state index in [1.54, 1.807) is 11.3 Å². The first-order valence-corrected chi connectivity index (χ1v) is 11.4. The number of hydrogen-bond donors (Lipinski definition) is 2. The monoisotopic (exact) mass is 417 g/mol. The Bertz CT molecular complexity index is 777. The van der Waals surface area contributed by atoms with E-state index in [1.807, 2.05) is 6.92 Å². The van der Waals surface area contributed by atoms with E-state index in [9.17, 15) is 14.9 Å². The molecule has 1 saturated heterocycles. The molecular weight excluding hydrogens is 386 g/mol. The molecule has 29 heavy (non-hydrogen) atoms. The summed E-state index contributed by atoms with van der Waals surface area (Å²) >= 11 is 1.58. The summed E-state index contributed by atoms with van der Waals surface area (Å²) in [6.07, 6.45) is 3.47. The predicted molar refractivity (Wildman–Crippen MR) is 115 cm³/mol. The minimum atomic E-state index is -0.0297. The standard InChI is InChI=1S/C21H31N5O2S/c1-3-23-20(28)14-26-10-8-25(9-11-26)7-6-19(27)24-21-17(13-22)16-5-4-15(2)12-18(16)29-21/h15H,3-12,14H2,1-2H3,(H,23,28)(H,24,27). The molecule has 3 rings (SSSR count). The van der Waals surface area contributed by atoms with Crippen molar-refractivity contribution in [3.8, 4) is 6.07 Å². The molecule has 1 aliphatic heterocycles. The average molecular weight is 418 g/mol. The summed E-state index contributed by atoms with van der Waals surface area (Å²) < 4.78 is 0. The Kier molecular flexibility index (Phi) is 7.64. The van der Waals surface area contributed by atoms with E-state index < -0.39 is 0 Å². The number of piperazine rings is 1. The molecule has 2 aliphatic rings. The summed E-state index contributed by atoms with van der Waals surface area (Å²) in [5.41, 5.74) is 1.82. The number of carbonyl (C=O) groups is 2. The zero-order chi connectivity index (χ0) is 20.8. The highest BCUT2D eigenvalue weighted by Crippen LogP contribution is 2.39. The smallest absolute Gasteiger partial charge is 0.234 e. The first kappa shape index (κ1) is 21.8. The number of nitrogens with zero attached hydrogens (tertiary/aromatic N) is 3. The van der Waals surface area contributed by atoms with Crippen molar-refractivity contribution in [2.45, 2.75) is 39.5 Å². The highest BCUT2D eigenvalue weighted by atomic mass is 32.1. The molecule has 7 nitrogen and oxygen atoms in total. The van der Waals surface area contributed by atoms with Crippen molar-refractivity contribution in [3.63, 3.8) is 0 Å². The fourth-order valence-corrected chi connectivity index (χ4v) is 5.41. The molecule has 2 N–H and O–H groups in total. The van der Waals surface area contributed by atoms with E-state index in [0.717, 1.165) is 56.0 Å². The van der Waals surface area contributed by atoms with Gasteiger partial charge in [0, 0.05) is 50.6 Å². The van der Waals surface area contributed by atoms with E-state index in [0.29, 0.717) is 37.5 Å². The Morgan fingerprint density at radius 1 is 1.21 bits per heavy atom. The molecular formula is C21H31N5O2S. The zero-order valence-electron chi connectivity index (χ0n) is 17.4. The summed E-state index contributed by atoms with van der Waals surface area (Å²) in [5.74, 6) is 0.683. The van der Waals surface area contributed by atoms with Crippen molar-refractivity contribution >= 4 is 28.2 Å². The molecule has 1 atom stereocenters. The van der Waals surface area contributed by atoms with Crippen LogP contribution in [-0.2, 0) is 22.4 Å². The number of anilines is 1. The maximum absolute atomic E-state index is 12.5. The number of nitriles is 1. The van der Waals surface area contributed by atoms with Gasteiger partial charge in [-0.1, -0.05) is 6.92 Å². The largest absolute Gasteiger partial charge is 0.355 e. The zero-order valence-corrected chi connectivity index (χ0v) is 18.2. The summed E-state index contributed by atoms with van der Waals surface area (Å²) in [4.78, 5) is 29.8. The van der Waals surface area contributed by atoms with Crippen molar-refractivity contribution in [1.29, 1.82) is 5.26 Å². The van der Waals surface area contributed by atoms with Gasteiger partial charge in [0.25, 0.3) is 0 Å². The Hall–Kier alpha value is -1.95. The van der Waals surface area contributed by atoms with Gasteiger partial charge in [-0.3, -0.25) is 14.5 Å². The lowest BCUT2D eigenvalue weighted by atomic mass is 9.89. The highest BCUT2D eigenvalue weighted by Gasteiger charge is 2.25. The van der Waals surface area contributed by atoms with Crippen molar-refractivity contribution in [2.24, 2.45) is 5.92 Å². The Morgan fingerprint density at radius 2 is 1.93 bits per heavy atom. The molecule has 0 bridgehead atoms. The molecule has 158 valence electrons. The fourth-order valence-electron chi connectivity index (χ4n) is 4.03. The molecule has 2 amide bonds. The van der Waals surface area contributed by atoms with Gasteiger partial charge >= 0.3 is 0 Å². The highest BCUT2D eigenvalue weighted by molar-refractivity contribution is 7.16. The van der Waals surface area contributed by atoms with Gasteiger partial charge in [0.1, 0.15) is 11.1 Å². The van der Waals surface area contributed by atoms with Crippen LogP contribution in [0.1, 0.15) is 42.7 Å². The summed E-state index contributed by atoms with van der Waals surface area (Å²) in [6.45, 7) is 9.37. The third-order valence-electron chi connectivity index (χ3n) is 5.74. The minimum absolute atomic E-state index is 0.0297. The average Bonchev–Trinajstić information content (AvgIpc) is 3.03. The number of rotatable bonds is 7. The van der Waals surface area contributed by atoms with Gasteiger partial charge in [0.2, 0.25) is 11.8 Å². The van der Waals surface area contributed by atoms with Crippen molar-refractivity contribution in [3.05, 3.63) is 16.0 Å². The topological polar surface area (TPSA) is 88.5 Å². The predicted octanol–water partition coefficient (Wildman–Crippen LogP) is 1.83. The molecule has 1 aromatic rings. The molecule has 1 aliphatic carbocycles. The number of thiophene rings is 1. The van der Waals surface area contributed by atoms with Crippen molar-refractivity contribution in [1.82, 2.24) is 15.1 Å². The van der Waals surface area contributed by atoms with E-state index in [-0.39, 0.29) is 11.8 Å². The van der Waals surface area contributed by atoms with E-state index >= 15 is 0 Å². The number of nitrogens with one attached hydrogen (secondary N) is 2. The molecule has 1 aromatic heterocycles. The molecule has 0 radical (unpaired) electrons. The van der Waals surface area contributed by atoms with Gasteiger partial charge in [-0.2, -0.15) is 5.26 Å². The van der Waals surface area contributed by atoms with Gasteiger partial charge in [0.05, 0.1) is 12.1 Å². The van der Waals surface area contributed by atoms with Crippen LogP contribution in [0.3, 0.4) is 0 Å². The van der Waals surface area contributed by atoms with Crippen LogP contribution in [0.25, 0.3) is 0 Å². The molecule has 0 saturated carbocycles. The van der Waals surface area contributed by atoms with E-state index in [2.05, 4.69) is 33.4 Å². The Balaban J connectivity index is 1.44. The van der Waals surface area contributed by atoms with Crippen molar-refractivity contribution in [2.75, 3.05) is 51.1 Å². The molecule has 0 aromatic carbocycles. The quantitative estimate of drug-likeness (QED) is 0.707. The molecule has 1 unspecified atom stereocenters. The fraction of sp³-hybridized carbons (Fsp3) is 0.667. The van der Waals surface area contributed by atoms with Crippen LogP contribution < -0.4 is 10.6 Å². The maximum atomic E-state index is 12.5. The number of fused-ring (bicyclic) bond motifs is 1. The second kappa shape index (κ2) is 10.2. The Labute approximate surface area is 177 Å². The minimum Gasteiger partial charge on any atom is -0.355 e. The molecule has 8 heteroatoms. The summed E-state index contributed by atoms with van der Waals surface area (Å²) in [5, 5.41) is 16.1. The van der Waals surface area contributed by atoms with Gasteiger partial charge in [0.15, 0.2) is 0 Å². The number of hydrogen-bond acceptors (Lipinski definition) is 6. The number of carbonyl (C=O) groups excluding carboxylic acids is 2. The first-order chi connectivity index (χ1) is 14.0. The van der Waals surface area contributed by atoms with Gasteiger partial charge in [-0.05, 0) is 37.7 Å². The normalized spacial score (nSPS) is 20.0. The third kappa shape index (κ3) is 5.78. The van der Waals surface area contributed by atoms with E-state index in [4.69, 9.17) is 0 Å². The van der Waals surface area contributed by atoms with Crippen LogP contribution in [0.15, 0.2) is 0 Å². The molecule has 0 spiro atoms. The Morgan fingerprint density at radius 3 is 2.62 bits per heavy atom. The van der Waals surface area contributed by atoms with Crippen molar-refractivity contribution < 1.29 is 9.59 Å². The third-order valence-corrected chi connectivity index (χ3v) is 6.91. The lowest BCUT2D eigenvalue weighted by Crippen LogP contribution is -2.49.